The van der Waals surface area contributed by atoms with Gasteiger partial charge in [0, 0.05) is 18.9 Å². The van der Waals surface area contributed by atoms with E-state index in [0.717, 1.165) is 56.3 Å². The van der Waals surface area contributed by atoms with E-state index in [1.165, 1.54) is 25.0 Å². The molecule has 2 atom stereocenters. The minimum absolute atomic E-state index is 0.00263. The molecule has 0 amide bonds. The van der Waals surface area contributed by atoms with Gasteiger partial charge in [-0.15, -0.1) is 0 Å². The van der Waals surface area contributed by atoms with Gasteiger partial charge < -0.3 is 28.4 Å². The summed E-state index contributed by atoms with van der Waals surface area (Å²) in [6, 6.07) is 17.8. The first-order valence-corrected chi connectivity index (χ1v) is 14.9. The van der Waals surface area contributed by atoms with Crippen molar-refractivity contribution in [3.8, 4) is 23.0 Å². The van der Waals surface area contributed by atoms with Crippen LogP contribution in [0.15, 0.2) is 66.7 Å². The van der Waals surface area contributed by atoms with Crippen LogP contribution in [0.1, 0.15) is 60.9 Å². The van der Waals surface area contributed by atoms with Gasteiger partial charge in [-0.1, -0.05) is 31.4 Å². The molecule has 3 aromatic carbocycles. The summed E-state index contributed by atoms with van der Waals surface area (Å²) >= 11 is 0. The standard InChI is InChI=1S/C34H37FO8/c35-31-21-28(42-34(37)25-9-13-27(14-10-25)38-19-4-2-1-3-5-29-22-40-29)15-16-32(31)43-33(36)17-8-24-6-11-26(12-7-24)39-20-18-30-23-41-30/h6-7,9-16,21,29-30H,1-5,8,17-20,22-23H2. The van der Waals surface area contributed by atoms with E-state index >= 15 is 0 Å². The van der Waals surface area contributed by atoms with E-state index in [1.807, 2.05) is 24.3 Å². The molecule has 2 heterocycles. The van der Waals surface area contributed by atoms with Crippen LogP contribution in [0.3, 0.4) is 0 Å². The zero-order valence-electron chi connectivity index (χ0n) is 24.1. The van der Waals surface area contributed by atoms with Gasteiger partial charge in [-0.25, -0.2) is 9.18 Å². The van der Waals surface area contributed by atoms with Crippen molar-refractivity contribution in [2.45, 2.75) is 63.6 Å². The molecule has 0 saturated carbocycles. The quantitative estimate of drug-likeness (QED) is 0.0717. The van der Waals surface area contributed by atoms with Crippen LogP contribution in [0.4, 0.5) is 4.39 Å². The van der Waals surface area contributed by atoms with Crippen LogP contribution >= 0.6 is 0 Å². The van der Waals surface area contributed by atoms with Crippen molar-refractivity contribution < 1.29 is 42.4 Å². The van der Waals surface area contributed by atoms with E-state index in [1.54, 1.807) is 24.3 Å². The highest BCUT2D eigenvalue weighted by Gasteiger charge is 2.22. The van der Waals surface area contributed by atoms with Gasteiger partial charge in [0.25, 0.3) is 0 Å². The summed E-state index contributed by atoms with van der Waals surface area (Å²) in [7, 11) is 0. The van der Waals surface area contributed by atoms with Gasteiger partial charge >= 0.3 is 11.9 Å². The molecule has 2 saturated heterocycles. The fraction of sp³-hybridized carbons (Fsp3) is 0.412. The number of benzene rings is 3. The van der Waals surface area contributed by atoms with Crippen LogP contribution in [0.25, 0.3) is 0 Å². The van der Waals surface area contributed by atoms with Crippen LogP contribution in [0.2, 0.25) is 0 Å². The lowest BCUT2D eigenvalue weighted by atomic mass is 10.1. The summed E-state index contributed by atoms with van der Waals surface area (Å²) in [5, 5.41) is 0. The Balaban J connectivity index is 0.995. The van der Waals surface area contributed by atoms with E-state index in [4.69, 9.17) is 28.4 Å². The summed E-state index contributed by atoms with van der Waals surface area (Å²) < 4.78 is 46.9. The van der Waals surface area contributed by atoms with Crippen molar-refractivity contribution in [3.63, 3.8) is 0 Å². The summed E-state index contributed by atoms with van der Waals surface area (Å²) in [5.41, 5.74) is 1.24. The molecule has 3 aromatic rings. The van der Waals surface area contributed by atoms with Gasteiger partial charge in [0.05, 0.1) is 44.2 Å². The molecule has 0 aliphatic carbocycles. The normalized spacial score (nSPS) is 16.8. The molecule has 9 heteroatoms. The maximum atomic E-state index is 14.6. The number of aryl methyl sites for hydroxylation is 1. The molecule has 8 nitrogen and oxygen atoms in total. The lowest BCUT2D eigenvalue weighted by Crippen LogP contribution is -2.11. The highest BCUT2D eigenvalue weighted by atomic mass is 19.1. The number of ether oxygens (including phenoxy) is 6. The van der Waals surface area contributed by atoms with Gasteiger partial charge in [-0.05, 0) is 73.4 Å². The van der Waals surface area contributed by atoms with Crippen molar-refractivity contribution in [1.82, 2.24) is 0 Å². The lowest BCUT2D eigenvalue weighted by molar-refractivity contribution is -0.134. The molecule has 228 valence electrons. The van der Waals surface area contributed by atoms with E-state index in [2.05, 4.69) is 0 Å². The molecule has 2 unspecified atom stereocenters. The van der Waals surface area contributed by atoms with Gasteiger partial charge in [-0.2, -0.15) is 0 Å². The van der Waals surface area contributed by atoms with Crippen LogP contribution in [-0.2, 0) is 20.7 Å². The minimum atomic E-state index is -0.804. The number of epoxide rings is 2. The molecule has 2 aliphatic heterocycles. The molecule has 0 N–H and O–H groups in total. The summed E-state index contributed by atoms with van der Waals surface area (Å²) in [6.45, 7) is 2.93. The summed E-state index contributed by atoms with van der Waals surface area (Å²) in [6.07, 6.45) is 7.77. The Bertz CT molecular complexity index is 1330. The molecule has 0 bridgehead atoms. The number of unbranched alkanes of at least 4 members (excludes halogenated alkanes) is 3. The first-order valence-electron chi connectivity index (χ1n) is 14.9. The van der Waals surface area contributed by atoms with Gasteiger partial charge in [-0.3, -0.25) is 4.79 Å². The third-order valence-corrected chi connectivity index (χ3v) is 7.17. The van der Waals surface area contributed by atoms with Crippen molar-refractivity contribution >= 4 is 11.9 Å². The molecule has 2 aliphatic rings. The maximum Gasteiger partial charge on any atom is 0.343 e. The number of rotatable bonds is 18. The zero-order chi connectivity index (χ0) is 29.9. The monoisotopic (exact) mass is 592 g/mol. The summed E-state index contributed by atoms with van der Waals surface area (Å²) in [5.74, 6) is -0.812. The molecule has 2 fully saturated rings. The van der Waals surface area contributed by atoms with Gasteiger partial charge in [0.15, 0.2) is 11.6 Å². The second-order valence-electron chi connectivity index (χ2n) is 10.7. The van der Waals surface area contributed by atoms with E-state index in [9.17, 15) is 14.0 Å². The lowest BCUT2D eigenvalue weighted by Gasteiger charge is -2.09. The van der Waals surface area contributed by atoms with E-state index in [0.29, 0.717) is 43.2 Å². The van der Waals surface area contributed by atoms with Crippen molar-refractivity contribution in [2.75, 3.05) is 26.4 Å². The number of hydrogen-bond donors (Lipinski definition) is 0. The second kappa shape index (κ2) is 15.5. The fourth-order valence-corrected chi connectivity index (χ4v) is 4.45. The summed E-state index contributed by atoms with van der Waals surface area (Å²) in [4.78, 5) is 24.9. The highest BCUT2D eigenvalue weighted by Crippen LogP contribution is 2.25. The zero-order valence-corrected chi connectivity index (χ0v) is 24.1. The molecule has 5 rings (SSSR count). The Morgan fingerprint density at radius 1 is 0.721 bits per heavy atom. The first kappa shape index (κ1) is 30.5. The third kappa shape index (κ3) is 10.7. The Hall–Kier alpha value is -3.95. The average Bonchev–Trinajstić information content (AvgIpc) is 3.95. The Morgan fingerprint density at radius 3 is 2.05 bits per heavy atom. The molecule has 0 radical (unpaired) electrons. The predicted octanol–water partition coefficient (Wildman–Crippen LogP) is 6.48. The van der Waals surface area contributed by atoms with Crippen LogP contribution < -0.4 is 18.9 Å². The molecule has 43 heavy (non-hydrogen) atoms. The number of carbonyl (C=O) groups excluding carboxylic acids is 2. The molecule has 0 aromatic heterocycles. The van der Waals surface area contributed by atoms with E-state index in [-0.39, 0.29) is 17.9 Å². The third-order valence-electron chi connectivity index (χ3n) is 7.17. The van der Waals surface area contributed by atoms with Crippen LogP contribution in [0.5, 0.6) is 23.0 Å². The number of halogens is 1. The van der Waals surface area contributed by atoms with Gasteiger partial charge in [0.2, 0.25) is 0 Å². The predicted molar refractivity (Wildman–Crippen MR) is 156 cm³/mol. The largest absolute Gasteiger partial charge is 0.494 e. The smallest absolute Gasteiger partial charge is 0.343 e. The van der Waals surface area contributed by atoms with Crippen molar-refractivity contribution in [1.29, 1.82) is 0 Å². The Morgan fingerprint density at radius 2 is 1.35 bits per heavy atom. The van der Waals surface area contributed by atoms with Crippen molar-refractivity contribution in [2.24, 2.45) is 0 Å². The number of carbonyl (C=O) groups is 2. The second-order valence-corrected chi connectivity index (χ2v) is 10.7. The number of hydrogen-bond acceptors (Lipinski definition) is 8. The topological polar surface area (TPSA) is 96.1 Å². The van der Waals surface area contributed by atoms with Crippen LogP contribution in [0, 0.1) is 5.82 Å². The number of esters is 2. The van der Waals surface area contributed by atoms with Gasteiger partial charge in [0.1, 0.15) is 17.2 Å². The fourth-order valence-electron chi connectivity index (χ4n) is 4.45. The first-order chi connectivity index (χ1) is 21.0. The van der Waals surface area contributed by atoms with Crippen LogP contribution in [-0.4, -0.2) is 50.6 Å². The molecular formula is C34H37FO8. The SMILES string of the molecule is O=C(CCc1ccc(OCCC2CO2)cc1)Oc1ccc(OC(=O)c2ccc(OCCCCCCC3CO3)cc2)cc1F. The Kier molecular flexibility index (Phi) is 11.0. The molecule has 0 spiro atoms. The minimum Gasteiger partial charge on any atom is -0.494 e. The highest BCUT2D eigenvalue weighted by molar-refractivity contribution is 5.91. The Labute approximate surface area is 251 Å². The van der Waals surface area contributed by atoms with Crippen molar-refractivity contribution in [3.05, 3.63) is 83.7 Å². The maximum absolute atomic E-state index is 14.6. The van der Waals surface area contributed by atoms with E-state index < -0.39 is 17.8 Å². The average molecular weight is 593 g/mol. The molecular weight excluding hydrogens is 555 g/mol.